The molecule has 0 saturated carbocycles. The largest absolute Gasteiger partial charge is 0.380 e. The van der Waals surface area contributed by atoms with Crippen LogP contribution >= 0.6 is 0 Å². The van der Waals surface area contributed by atoms with Gasteiger partial charge in [-0.15, -0.1) is 0 Å². The second-order valence-electron chi connectivity index (χ2n) is 3.49. The van der Waals surface area contributed by atoms with Crippen molar-refractivity contribution < 1.29 is 4.74 Å². The van der Waals surface area contributed by atoms with Gasteiger partial charge in [0, 0.05) is 20.2 Å². The van der Waals surface area contributed by atoms with Gasteiger partial charge in [-0.25, -0.2) is 0 Å². The molecule has 0 amide bonds. The second kappa shape index (κ2) is 6.18. The lowest BCUT2D eigenvalue weighted by molar-refractivity contribution is 0.117. The highest BCUT2D eigenvalue weighted by molar-refractivity contribution is 5.32. The number of nitrogens with zero attached hydrogens (tertiary/aromatic N) is 1. The van der Waals surface area contributed by atoms with Gasteiger partial charge in [0.2, 0.25) is 0 Å². The summed E-state index contributed by atoms with van der Waals surface area (Å²) in [5, 5.41) is 12.0. The van der Waals surface area contributed by atoms with Gasteiger partial charge in [0.05, 0.1) is 17.7 Å². The van der Waals surface area contributed by atoms with E-state index in [1.807, 2.05) is 25.1 Å². The molecule has 1 aromatic carbocycles. The minimum atomic E-state index is 0.212. The summed E-state index contributed by atoms with van der Waals surface area (Å²) in [6.45, 7) is 3.59. The van der Waals surface area contributed by atoms with E-state index in [9.17, 15) is 0 Å². The molecule has 0 aliphatic heterocycles. The van der Waals surface area contributed by atoms with Gasteiger partial charge in [0.1, 0.15) is 0 Å². The van der Waals surface area contributed by atoms with Crippen molar-refractivity contribution in [2.45, 2.75) is 19.6 Å². The molecule has 0 spiro atoms. The van der Waals surface area contributed by atoms with Crippen molar-refractivity contribution in [1.29, 1.82) is 5.26 Å². The van der Waals surface area contributed by atoms with Crippen LogP contribution < -0.4 is 5.32 Å². The van der Waals surface area contributed by atoms with Crippen LogP contribution in [0.4, 0.5) is 0 Å². The van der Waals surface area contributed by atoms with Crippen LogP contribution in [0.5, 0.6) is 0 Å². The number of hydrogen-bond acceptors (Lipinski definition) is 3. The molecule has 3 nitrogen and oxygen atoms in total. The van der Waals surface area contributed by atoms with Crippen molar-refractivity contribution in [3.8, 4) is 6.07 Å². The van der Waals surface area contributed by atoms with Crippen molar-refractivity contribution in [3.63, 3.8) is 0 Å². The SMILES string of the molecule is COC(C)CNCc1cccc(C#N)c1. The summed E-state index contributed by atoms with van der Waals surface area (Å²) in [7, 11) is 1.70. The third kappa shape index (κ3) is 4.11. The lowest BCUT2D eigenvalue weighted by Crippen LogP contribution is -2.25. The van der Waals surface area contributed by atoms with Crippen molar-refractivity contribution in [2.24, 2.45) is 0 Å². The zero-order valence-corrected chi connectivity index (χ0v) is 9.16. The molecule has 0 aliphatic rings. The normalized spacial score (nSPS) is 12.1. The third-order valence-electron chi connectivity index (χ3n) is 2.22. The molecule has 15 heavy (non-hydrogen) atoms. The Balaban J connectivity index is 2.41. The Hall–Kier alpha value is -1.37. The predicted octanol–water partition coefficient (Wildman–Crippen LogP) is 1.68. The van der Waals surface area contributed by atoms with E-state index >= 15 is 0 Å². The monoisotopic (exact) mass is 204 g/mol. The molecule has 1 rings (SSSR count). The van der Waals surface area contributed by atoms with E-state index in [4.69, 9.17) is 10.00 Å². The Labute approximate surface area is 90.7 Å². The zero-order chi connectivity index (χ0) is 11.1. The van der Waals surface area contributed by atoms with E-state index < -0.39 is 0 Å². The summed E-state index contributed by atoms with van der Waals surface area (Å²) in [5.74, 6) is 0. The minimum absolute atomic E-state index is 0.212. The number of methoxy groups -OCH3 is 1. The van der Waals surface area contributed by atoms with Crippen LogP contribution in [0.1, 0.15) is 18.1 Å². The quantitative estimate of drug-likeness (QED) is 0.793. The minimum Gasteiger partial charge on any atom is -0.380 e. The van der Waals surface area contributed by atoms with Gasteiger partial charge in [-0.3, -0.25) is 0 Å². The first-order chi connectivity index (χ1) is 7.26. The number of rotatable bonds is 5. The Kier molecular flexibility index (Phi) is 4.82. The number of nitriles is 1. The Morgan fingerprint density at radius 1 is 1.53 bits per heavy atom. The predicted molar refractivity (Wildman–Crippen MR) is 59.3 cm³/mol. The molecular formula is C12H16N2O. The molecule has 1 N–H and O–H groups in total. The Morgan fingerprint density at radius 2 is 2.33 bits per heavy atom. The lowest BCUT2D eigenvalue weighted by Gasteiger charge is -2.10. The van der Waals surface area contributed by atoms with Crippen molar-refractivity contribution in [3.05, 3.63) is 35.4 Å². The van der Waals surface area contributed by atoms with E-state index in [1.54, 1.807) is 13.2 Å². The molecule has 3 heteroatoms. The maximum atomic E-state index is 8.72. The van der Waals surface area contributed by atoms with Crippen LogP contribution in [-0.4, -0.2) is 19.8 Å². The topological polar surface area (TPSA) is 45.0 Å². The summed E-state index contributed by atoms with van der Waals surface area (Å²) in [5.41, 5.74) is 1.83. The fourth-order valence-electron chi connectivity index (χ4n) is 1.25. The van der Waals surface area contributed by atoms with E-state index in [0.29, 0.717) is 5.56 Å². The molecule has 0 aromatic heterocycles. The molecule has 80 valence electrons. The highest BCUT2D eigenvalue weighted by Crippen LogP contribution is 2.03. The van der Waals surface area contributed by atoms with Gasteiger partial charge < -0.3 is 10.1 Å². The molecule has 1 aromatic rings. The van der Waals surface area contributed by atoms with Gasteiger partial charge >= 0.3 is 0 Å². The first kappa shape index (κ1) is 11.7. The van der Waals surface area contributed by atoms with Crippen molar-refractivity contribution in [2.75, 3.05) is 13.7 Å². The molecular weight excluding hydrogens is 188 g/mol. The average molecular weight is 204 g/mol. The fourth-order valence-corrected chi connectivity index (χ4v) is 1.25. The third-order valence-corrected chi connectivity index (χ3v) is 2.22. The first-order valence-corrected chi connectivity index (χ1v) is 4.99. The van der Waals surface area contributed by atoms with Crippen LogP contribution in [0.25, 0.3) is 0 Å². The zero-order valence-electron chi connectivity index (χ0n) is 9.16. The van der Waals surface area contributed by atoms with Crippen LogP contribution in [0.2, 0.25) is 0 Å². The smallest absolute Gasteiger partial charge is 0.0991 e. The van der Waals surface area contributed by atoms with E-state index in [2.05, 4.69) is 11.4 Å². The van der Waals surface area contributed by atoms with Gasteiger partial charge in [-0.05, 0) is 24.6 Å². The summed E-state index contributed by atoms with van der Waals surface area (Å²) in [6.07, 6.45) is 0.212. The van der Waals surface area contributed by atoms with Gasteiger partial charge in [0.25, 0.3) is 0 Å². The fraction of sp³-hybridized carbons (Fsp3) is 0.417. The lowest BCUT2D eigenvalue weighted by atomic mass is 10.1. The summed E-state index contributed by atoms with van der Waals surface area (Å²) >= 11 is 0. The van der Waals surface area contributed by atoms with Gasteiger partial charge in [-0.1, -0.05) is 12.1 Å². The molecule has 0 heterocycles. The van der Waals surface area contributed by atoms with E-state index in [-0.39, 0.29) is 6.10 Å². The highest BCUT2D eigenvalue weighted by Gasteiger charge is 1.99. The molecule has 0 aliphatic carbocycles. The van der Waals surface area contributed by atoms with Crippen LogP contribution in [0, 0.1) is 11.3 Å². The maximum Gasteiger partial charge on any atom is 0.0991 e. The number of hydrogen-bond donors (Lipinski definition) is 1. The molecule has 0 radical (unpaired) electrons. The Bertz CT molecular complexity index is 344. The summed E-state index contributed by atoms with van der Waals surface area (Å²) < 4.78 is 5.12. The molecule has 0 fully saturated rings. The molecule has 1 unspecified atom stereocenters. The van der Waals surface area contributed by atoms with Crippen LogP contribution in [0.15, 0.2) is 24.3 Å². The number of benzene rings is 1. The molecule has 1 atom stereocenters. The number of nitrogens with one attached hydrogen (secondary N) is 1. The van der Waals surface area contributed by atoms with Crippen molar-refractivity contribution >= 4 is 0 Å². The van der Waals surface area contributed by atoms with Crippen LogP contribution in [-0.2, 0) is 11.3 Å². The van der Waals surface area contributed by atoms with Gasteiger partial charge in [0.15, 0.2) is 0 Å². The second-order valence-corrected chi connectivity index (χ2v) is 3.49. The maximum absolute atomic E-state index is 8.72. The highest BCUT2D eigenvalue weighted by atomic mass is 16.5. The average Bonchev–Trinajstić information content (AvgIpc) is 2.29. The standard InChI is InChI=1S/C12H16N2O/c1-10(15-2)8-14-9-12-5-3-4-11(6-12)7-13/h3-6,10,14H,8-9H2,1-2H3. The summed E-state index contributed by atoms with van der Waals surface area (Å²) in [4.78, 5) is 0. The molecule has 0 saturated heterocycles. The van der Waals surface area contributed by atoms with E-state index in [0.717, 1.165) is 18.7 Å². The van der Waals surface area contributed by atoms with Gasteiger partial charge in [-0.2, -0.15) is 5.26 Å². The first-order valence-electron chi connectivity index (χ1n) is 4.99. The Morgan fingerprint density at radius 3 is 3.00 bits per heavy atom. The summed E-state index contributed by atoms with van der Waals surface area (Å²) in [6, 6.07) is 9.73. The van der Waals surface area contributed by atoms with Crippen LogP contribution in [0.3, 0.4) is 0 Å². The molecule has 0 bridgehead atoms. The van der Waals surface area contributed by atoms with Crippen molar-refractivity contribution in [1.82, 2.24) is 5.32 Å². The van der Waals surface area contributed by atoms with E-state index in [1.165, 1.54) is 0 Å². The number of ether oxygens (including phenoxy) is 1.